The van der Waals surface area contributed by atoms with Crippen LogP contribution in [0, 0.1) is 27.7 Å². The Labute approximate surface area is 200 Å². The Hall–Kier alpha value is -3.45. The molecule has 3 aromatic rings. The zero-order valence-electron chi connectivity index (χ0n) is 20.3. The third kappa shape index (κ3) is 5.04. The van der Waals surface area contributed by atoms with Gasteiger partial charge in [-0.15, -0.1) is 0 Å². The van der Waals surface area contributed by atoms with E-state index in [1.807, 2.05) is 70.2 Å². The summed E-state index contributed by atoms with van der Waals surface area (Å²) in [5.74, 6) is -0.451. The Morgan fingerprint density at radius 1 is 1.09 bits per heavy atom. The molecule has 0 radical (unpaired) electrons. The summed E-state index contributed by atoms with van der Waals surface area (Å²) in [6, 6.07) is 13.7. The van der Waals surface area contributed by atoms with Gasteiger partial charge in [0.1, 0.15) is 6.54 Å². The third-order valence-corrected chi connectivity index (χ3v) is 6.53. The van der Waals surface area contributed by atoms with Gasteiger partial charge in [0.2, 0.25) is 5.91 Å². The normalized spacial score (nSPS) is 15.4. The fraction of sp³-hybridized carbons (Fsp3) is 0.370. The van der Waals surface area contributed by atoms with Gasteiger partial charge in [-0.25, -0.2) is 4.68 Å². The van der Waals surface area contributed by atoms with Crippen molar-refractivity contribution in [2.75, 3.05) is 25.0 Å². The van der Waals surface area contributed by atoms with Crippen molar-refractivity contribution < 1.29 is 14.3 Å². The van der Waals surface area contributed by atoms with E-state index in [0.29, 0.717) is 18.7 Å². The highest BCUT2D eigenvalue weighted by Crippen LogP contribution is 2.21. The molecule has 1 aromatic heterocycles. The molecule has 0 bridgehead atoms. The van der Waals surface area contributed by atoms with Crippen molar-refractivity contribution in [3.8, 4) is 5.69 Å². The number of ether oxygens (including phenoxy) is 1. The Kier molecular flexibility index (Phi) is 7.12. The first-order chi connectivity index (χ1) is 16.3. The maximum Gasteiger partial charge on any atom is 0.257 e. The molecule has 34 heavy (non-hydrogen) atoms. The van der Waals surface area contributed by atoms with Crippen molar-refractivity contribution in [1.29, 1.82) is 0 Å². The predicted octanol–water partition coefficient (Wildman–Crippen LogP) is 4.37. The summed E-state index contributed by atoms with van der Waals surface area (Å²) < 4.78 is 7.56. The molecule has 7 heteroatoms. The lowest BCUT2D eigenvalue weighted by molar-refractivity contribution is -0.117. The van der Waals surface area contributed by atoms with Gasteiger partial charge in [0.15, 0.2) is 0 Å². The standard InChI is InChI=1S/C27H32N4O3/c1-18-10-7-12-24(20(18)3)29-26(32)17-30(16-22-11-8-14-34-22)27(33)23-15-28-31(21(23)4)25-13-6-5-9-19(25)2/h5-7,9-10,12-13,15,22H,8,11,14,16-17H2,1-4H3,(H,29,32). The van der Waals surface area contributed by atoms with Crippen LogP contribution in [-0.2, 0) is 9.53 Å². The number of benzene rings is 2. The van der Waals surface area contributed by atoms with E-state index >= 15 is 0 Å². The topological polar surface area (TPSA) is 76.5 Å². The number of carbonyl (C=O) groups excluding carboxylic acids is 2. The van der Waals surface area contributed by atoms with Crippen LogP contribution in [-0.4, -0.2) is 52.3 Å². The lowest BCUT2D eigenvalue weighted by Gasteiger charge is -2.25. The minimum atomic E-state index is -0.232. The van der Waals surface area contributed by atoms with Crippen LogP contribution in [0.1, 0.15) is 45.6 Å². The first kappa shape index (κ1) is 23.7. The highest BCUT2D eigenvalue weighted by Gasteiger charge is 2.28. The third-order valence-electron chi connectivity index (χ3n) is 6.53. The summed E-state index contributed by atoms with van der Waals surface area (Å²) in [5, 5.41) is 7.46. The van der Waals surface area contributed by atoms with Crippen molar-refractivity contribution >= 4 is 17.5 Å². The van der Waals surface area contributed by atoms with Crippen molar-refractivity contribution in [3.63, 3.8) is 0 Å². The summed E-state index contributed by atoms with van der Waals surface area (Å²) >= 11 is 0. The fourth-order valence-corrected chi connectivity index (χ4v) is 4.34. The number of nitrogens with zero attached hydrogens (tertiary/aromatic N) is 3. The van der Waals surface area contributed by atoms with Gasteiger partial charge in [0.25, 0.3) is 5.91 Å². The van der Waals surface area contributed by atoms with E-state index < -0.39 is 0 Å². The molecule has 2 heterocycles. The molecular formula is C27H32N4O3. The molecule has 2 aromatic carbocycles. The average molecular weight is 461 g/mol. The smallest absolute Gasteiger partial charge is 0.257 e. The molecule has 0 spiro atoms. The Balaban J connectivity index is 1.57. The first-order valence-electron chi connectivity index (χ1n) is 11.7. The van der Waals surface area contributed by atoms with Crippen LogP contribution in [0.5, 0.6) is 0 Å². The van der Waals surface area contributed by atoms with Crippen LogP contribution >= 0.6 is 0 Å². The van der Waals surface area contributed by atoms with Gasteiger partial charge >= 0.3 is 0 Å². The number of para-hydroxylation sites is 1. The van der Waals surface area contributed by atoms with Gasteiger partial charge in [-0.05, 0) is 69.4 Å². The number of carbonyl (C=O) groups is 2. The second-order valence-electron chi connectivity index (χ2n) is 8.96. The molecule has 1 atom stereocenters. The molecule has 0 aliphatic carbocycles. The lowest BCUT2D eigenvalue weighted by atomic mass is 10.1. The number of hydrogen-bond acceptors (Lipinski definition) is 4. The number of rotatable bonds is 7. The van der Waals surface area contributed by atoms with Crippen molar-refractivity contribution in [2.45, 2.75) is 46.6 Å². The van der Waals surface area contributed by atoms with E-state index in [1.54, 1.807) is 15.8 Å². The Bertz CT molecular complexity index is 1190. The number of hydrogen-bond donors (Lipinski definition) is 1. The molecular weight excluding hydrogens is 428 g/mol. The second kappa shape index (κ2) is 10.2. The van der Waals surface area contributed by atoms with Crippen LogP contribution in [0.25, 0.3) is 5.69 Å². The molecule has 2 amide bonds. The SMILES string of the molecule is Cc1ccccc1-n1ncc(C(=O)N(CC(=O)Nc2cccc(C)c2C)CC2CCCO2)c1C. The van der Waals surface area contributed by atoms with E-state index in [0.717, 1.165) is 46.6 Å². The molecule has 1 aliphatic rings. The van der Waals surface area contributed by atoms with E-state index in [2.05, 4.69) is 10.4 Å². The minimum Gasteiger partial charge on any atom is -0.376 e. The molecule has 1 saturated heterocycles. The fourth-order valence-electron chi connectivity index (χ4n) is 4.34. The summed E-state index contributed by atoms with van der Waals surface area (Å²) in [5.41, 5.74) is 6.10. The monoisotopic (exact) mass is 460 g/mol. The van der Waals surface area contributed by atoms with E-state index in [4.69, 9.17) is 4.74 Å². The quantitative estimate of drug-likeness (QED) is 0.568. The summed E-state index contributed by atoms with van der Waals surface area (Å²) in [6.45, 7) is 8.88. The minimum absolute atomic E-state index is 0.0545. The predicted molar refractivity (Wildman–Crippen MR) is 132 cm³/mol. The summed E-state index contributed by atoms with van der Waals surface area (Å²) in [4.78, 5) is 28.2. The van der Waals surface area contributed by atoms with Gasteiger partial charge in [0.05, 0.1) is 29.2 Å². The van der Waals surface area contributed by atoms with E-state index in [-0.39, 0.29) is 24.5 Å². The van der Waals surface area contributed by atoms with Crippen LogP contribution in [0.15, 0.2) is 48.7 Å². The van der Waals surface area contributed by atoms with Crippen LogP contribution in [0.2, 0.25) is 0 Å². The van der Waals surface area contributed by atoms with Crippen molar-refractivity contribution in [1.82, 2.24) is 14.7 Å². The highest BCUT2D eigenvalue weighted by atomic mass is 16.5. The van der Waals surface area contributed by atoms with Crippen molar-refractivity contribution in [3.05, 3.63) is 76.6 Å². The van der Waals surface area contributed by atoms with Gasteiger partial charge in [-0.3, -0.25) is 9.59 Å². The van der Waals surface area contributed by atoms with Gasteiger partial charge < -0.3 is 15.0 Å². The van der Waals surface area contributed by atoms with Crippen LogP contribution in [0.3, 0.4) is 0 Å². The average Bonchev–Trinajstić information content (AvgIpc) is 3.46. The maximum absolute atomic E-state index is 13.6. The number of anilines is 1. The number of nitrogens with one attached hydrogen (secondary N) is 1. The molecule has 0 saturated carbocycles. The zero-order valence-corrected chi connectivity index (χ0v) is 20.3. The summed E-state index contributed by atoms with van der Waals surface area (Å²) in [7, 11) is 0. The Morgan fingerprint density at radius 2 is 1.85 bits per heavy atom. The molecule has 1 aliphatic heterocycles. The van der Waals surface area contributed by atoms with Gasteiger partial charge in [0, 0.05) is 18.8 Å². The molecule has 1 N–H and O–H groups in total. The molecule has 4 rings (SSSR count). The molecule has 1 fully saturated rings. The molecule has 178 valence electrons. The number of aromatic nitrogens is 2. The largest absolute Gasteiger partial charge is 0.376 e. The summed E-state index contributed by atoms with van der Waals surface area (Å²) in [6.07, 6.45) is 3.37. The Morgan fingerprint density at radius 3 is 2.59 bits per heavy atom. The van der Waals surface area contributed by atoms with Gasteiger partial charge in [-0.2, -0.15) is 5.10 Å². The van der Waals surface area contributed by atoms with Crippen LogP contribution < -0.4 is 5.32 Å². The van der Waals surface area contributed by atoms with E-state index in [1.165, 1.54) is 0 Å². The van der Waals surface area contributed by atoms with E-state index in [9.17, 15) is 9.59 Å². The zero-order chi connectivity index (χ0) is 24.2. The maximum atomic E-state index is 13.6. The molecule has 7 nitrogen and oxygen atoms in total. The highest BCUT2D eigenvalue weighted by molar-refractivity contribution is 6.00. The molecule has 1 unspecified atom stereocenters. The van der Waals surface area contributed by atoms with Crippen molar-refractivity contribution in [2.24, 2.45) is 0 Å². The second-order valence-corrected chi connectivity index (χ2v) is 8.96. The number of aryl methyl sites for hydroxylation is 2. The van der Waals surface area contributed by atoms with Gasteiger partial charge in [-0.1, -0.05) is 30.3 Å². The number of amides is 2. The lowest BCUT2D eigenvalue weighted by Crippen LogP contribution is -2.42. The van der Waals surface area contributed by atoms with Crippen LogP contribution in [0.4, 0.5) is 5.69 Å². The first-order valence-corrected chi connectivity index (χ1v) is 11.7.